The first-order chi connectivity index (χ1) is 13.4. The Balaban J connectivity index is 2.62. The molecule has 1 N–H and O–H groups in total. The quantitative estimate of drug-likeness (QED) is 0.235. The minimum absolute atomic E-state index is 0.183. The summed E-state index contributed by atoms with van der Waals surface area (Å²) in [5.74, 6) is 0.511. The van der Waals surface area contributed by atoms with Gasteiger partial charge in [-0.25, -0.2) is 4.79 Å². The molecule has 1 aromatic carbocycles. The fraction of sp³-hybridized carbons (Fsp3) is 0.562. The molecule has 0 spiro atoms. The first kappa shape index (κ1) is 23.6. The van der Waals surface area contributed by atoms with Gasteiger partial charge in [0.25, 0.3) is 5.69 Å². The molecule has 28 heavy (non-hydrogen) atoms. The van der Waals surface area contributed by atoms with Gasteiger partial charge in [0, 0.05) is 33.9 Å². The maximum atomic E-state index is 11.9. The molecule has 1 aromatic rings. The van der Waals surface area contributed by atoms with Gasteiger partial charge in [0.05, 0.1) is 30.8 Å². The second-order valence-corrected chi connectivity index (χ2v) is 8.59. The predicted molar refractivity (Wildman–Crippen MR) is 101 cm³/mol. The highest BCUT2D eigenvalue weighted by molar-refractivity contribution is 6.60. The summed E-state index contributed by atoms with van der Waals surface area (Å²) < 4.78 is 31.1. The molecule has 0 unspecified atom stereocenters. The van der Waals surface area contributed by atoms with Crippen LogP contribution >= 0.6 is 0 Å². The zero-order valence-electron chi connectivity index (χ0n) is 16.6. The smallest absolute Gasteiger partial charge is 0.493 e. The molecule has 0 saturated heterocycles. The number of nitro groups is 1. The largest absolute Gasteiger partial charge is 0.500 e. The average molecular weight is 418 g/mol. The summed E-state index contributed by atoms with van der Waals surface area (Å²) in [7, 11) is 4.62. The molecule has 0 heterocycles. The lowest BCUT2D eigenvalue weighted by Gasteiger charge is -2.24. The van der Waals surface area contributed by atoms with Crippen molar-refractivity contribution in [3.05, 3.63) is 27.8 Å². The van der Waals surface area contributed by atoms with E-state index in [4.69, 9.17) is 27.5 Å². The van der Waals surface area contributed by atoms with E-state index in [-0.39, 0.29) is 23.6 Å². The molecule has 0 aliphatic heterocycles. The van der Waals surface area contributed by atoms with E-state index >= 15 is 0 Å². The van der Waals surface area contributed by atoms with Crippen LogP contribution in [0.3, 0.4) is 0 Å². The van der Waals surface area contributed by atoms with Gasteiger partial charge in [0.1, 0.15) is 6.61 Å². The zero-order valence-corrected chi connectivity index (χ0v) is 17.6. The van der Waals surface area contributed by atoms with E-state index in [1.807, 2.05) is 0 Å². The second-order valence-electron chi connectivity index (χ2n) is 5.49. The van der Waals surface area contributed by atoms with Gasteiger partial charge in [0.2, 0.25) is 0 Å². The molecular weight excluding hydrogens is 392 g/mol. The molecule has 0 aliphatic carbocycles. The van der Waals surface area contributed by atoms with Crippen LogP contribution in [0.1, 0.15) is 12.0 Å². The van der Waals surface area contributed by atoms with Crippen LogP contribution in [-0.4, -0.2) is 61.9 Å². The van der Waals surface area contributed by atoms with Crippen molar-refractivity contribution >= 4 is 20.6 Å². The van der Waals surface area contributed by atoms with Crippen LogP contribution < -0.4 is 14.8 Å². The van der Waals surface area contributed by atoms with Gasteiger partial charge in [-0.05, 0) is 12.5 Å². The minimum Gasteiger partial charge on any atom is -0.493 e. The average Bonchev–Trinajstić information content (AvgIpc) is 2.72. The number of benzene rings is 1. The number of hydrogen-bond donors (Lipinski definition) is 1. The van der Waals surface area contributed by atoms with Crippen LogP contribution in [0.25, 0.3) is 0 Å². The van der Waals surface area contributed by atoms with Crippen LogP contribution in [0.4, 0.5) is 10.5 Å². The normalized spacial score (nSPS) is 11.0. The van der Waals surface area contributed by atoms with Gasteiger partial charge in [0.15, 0.2) is 11.5 Å². The van der Waals surface area contributed by atoms with Crippen molar-refractivity contribution in [2.45, 2.75) is 19.1 Å². The third kappa shape index (κ3) is 6.33. The number of nitrogens with zero attached hydrogens (tertiary/aromatic N) is 1. The molecule has 1 amide bonds. The van der Waals surface area contributed by atoms with Crippen LogP contribution in [0.2, 0.25) is 6.04 Å². The Labute approximate surface area is 164 Å². The van der Waals surface area contributed by atoms with Crippen molar-refractivity contribution in [1.82, 2.24) is 5.32 Å². The molecule has 1 rings (SSSR count). The van der Waals surface area contributed by atoms with Gasteiger partial charge in [-0.1, -0.05) is 0 Å². The van der Waals surface area contributed by atoms with E-state index in [0.717, 1.165) is 0 Å². The fourth-order valence-corrected chi connectivity index (χ4v) is 4.16. The van der Waals surface area contributed by atoms with Gasteiger partial charge in [-0.2, -0.15) is 0 Å². The fourth-order valence-electron chi connectivity index (χ4n) is 2.44. The lowest BCUT2D eigenvalue weighted by Crippen LogP contribution is -2.43. The van der Waals surface area contributed by atoms with Crippen molar-refractivity contribution in [1.29, 1.82) is 0 Å². The third-order valence-electron chi connectivity index (χ3n) is 4.00. The number of rotatable bonds is 12. The lowest BCUT2D eigenvalue weighted by atomic mass is 10.1. The Morgan fingerprint density at radius 2 is 1.64 bits per heavy atom. The van der Waals surface area contributed by atoms with Crippen molar-refractivity contribution in [2.24, 2.45) is 0 Å². The monoisotopic (exact) mass is 418 g/mol. The Kier molecular flexibility index (Phi) is 9.65. The summed E-state index contributed by atoms with van der Waals surface area (Å²) in [6.45, 7) is 0.00704. The zero-order chi connectivity index (χ0) is 21.2. The van der Waals surface area contributed by atoms with E-state index in [2.05, 4.69) is 5.32 Å². The number of carbonyl (C=O) groups is 1. The highest BCUT2D eigenvalue weighted by Crippen LogP contribution is 2.34. The molecular formula is C16H26N2O9Si. The lowest BCUT2D eigenvalue weighted by molar-refractivity contribution is -0.385. The van der Waals surface area contributed by atoms with Crippen molar-refractivity contribution in [2.75, 3.05) is 42.1 Å². The van der Waals surface area contributed by atoms with E-state index < -0.39 is 19.8 Å². The number of amides is 1. The molecule has 0 radical (unpaired) electrons. The molecule has 12 heteroatoms. The summed E-state index contributed by atoms with van der Waals surface area (Å²) in [4.78, 5) is 22.5. The Morgan fingerprint density at radius 1 is 1.07 bits per heavy atom. The number of ether oxygens (including phenoxy) is 3. The third-order valence-corrected chi connectivity index (χ3v) is 6.83. The van der Waals surface area contributed by atoms with Crippen LogP contribution in [0, 0.1) is 10.1 Å². The Morgan fingerprint density at radius 3 is 2.14 bits per heavy atom. The number of hydrogen-bond acceptors (Lipinski definition) is 9. The Bertz CT molecular complexity index is 659. The van der Waals surface area contributed by atoms with Crippen molar-refractivity contribution in [3.8, 4) is 11.5 Å². The van der Waals surface area contributed by atoms with Crippen LogP contribution in [0.15, 0.2) is 12.1 Å². The van der Waals surface area contributed by atoms with Gasteiger partial charge in [-0.15, -0.1) is 0 Å². The van der Waals surface area contributed by atoms with Crippen molar-refractivity contribution in [3.63, 3.8) is 0 Å². The number of nitrogens with one attached hydrogen (secondary N) is 1. The molecule has 0 aliphatic rings. The number of nitro benzene ring substituents is 1. The van der Waals surface area contributed by atoms with E-state index in [1.54, 1.807) is 0 Å². The molecule has 11 nitrogen and oxygen atoms in total. The number of carbonyl (C=O) groups excluding carboxylic acids is 1. The van der Waals surface area contributed by atoms with Gasteiger partial charge >= 0.3 is 14.9 Å². The summed E-state index contributed by atoms with van der Waals surface area (Å²) in [5, 5.41) is 13.8. The van der Waals surface area contributed by atoms with E-state index in [1.165, 1.54) is 47.7 Å². The molecule has 158 valence electrons. The highest BCUT2D eigenvalue weighted by Gasteiger charge is 2.36. The Hall–Kier alpha value is -2.41. The summed E-state index contributed by atoms with van der Waals surface area (Å²) in [5.41, 5.74) is -0.0520. The molecule has 0 fully saturated rings. The SMILES string of the molecule is COc1cc(COC(=O)NCCC[Si](OC)(OC)OC)c([N+](=O)[O-])cc1OC. The van der Waals surface area contributed by atoms with E-state index in [0.29, 0.717) is 24.8 Å². The summed E-state index contributed by atoms with van der Waals surface area (Å²) in [6.07, 6.45) is -0.156. The number of methoxy groups -OCH3 is 2. The van der Waals surface area contributed by atoms with E-state index in [9.17, 15) is 14.9 Å². The first-order valence-corrected chi connectivity index (χ1v) is 10.2. The highest BCUT2D eigenvalue weighted by atomic mass is 28.4. The standard InChI is InChI=1S/C16H26N2O9Si/c1-22-14-9-12(13(18(20)21)10-15(14)23-2)11-27-16(19)17-7-6-8-28(24-3,25-4)26-5/h9-10H,6-8,11H2,1-5H3,(H,17,19). The molecule has 0 saturated carbocycles. The maximum Gasteiger partial charge on any atom is 0.500 e. The minimum atomic E-state index is -2.69. The van der Waals surface area contributed by atoms with Crippen LogP contribution in [0.5, 0.6) is 11.5 Å². The molecule has 0 aromatic heterocycles. The van der Waals surface area contributed by atoms with Crippen LogP contribution in [-0.2, 0) is 24.6 Å². The van der Waals surface area contributed by atoms with Gasteiger partial charge in [-0.3, -0.25) is 10.1 Å². The second kappa shape index (κ2) is 11.4. The van der Waals surface area contributed by atoms with Gasteiger partial charge < -0.3 is 32.8 Å². The first-order valence-electron chi connectivity index (χ1n) is 8.31. The summed E-state index contributed by atoms with van der Waals surface area (Å²) in [6, 6.07) is 3.14. The maximum absolute atomic E-state index is 11.9. The predicted octanol–water partition coefficient (Wildman–Crippen LogP) is 2.11. The van der Waals surface area contributed by atoms with Crippen molar-refractivity contribution < 1.29 is 37.2 Å². The summed E-state index contributed by atoms with van der Waals surface area (Å²) >= 11 is 0. The number of alkyl carbamates (subject to hydrolysis) is 1. The topological polar surface area (TPSA) is 128 Å². The molecule has 0 bridgehead atoms. The molecule has 0 atom stereocenters.